The first-order valence-electron chi connectivity index (χ1n) is 14.8. The number of aromatic nitrogens is 2. The minimum Gasteiger partial charge on any atom is -0.496 e. The normalized spacial score (nSPS) is 15.9. The number of halogens is 2. The number of nitrogens with two attached hydrogens (primary N) is 1. The Morgan fingerprint density at radius 1 is 1.16 bits per heavy atom. The van der Waals surface area contributed by atoms with Crippen molar-refractivity contribution < 1.29 is 23.5 Å². The van der Waals surface area contributed by atoms with Crippen LogP contribution in [0.5, 0.6) is 5.75 Å². The van der Waals surface area contributed by atoms with Gasteiger partial charge in [0, 0.05) is 35.7 Å². The van der Waals surface area contributed by atoms with E-state index in [9.17, 15) is 18.8 Å². The van der Waals surface area contributed by atoms with Gasteiger partial charge in [-0.3, -0.25) is 19.3 Å². The Kier molecular flexibility index (Phi) is 11.7. The van der Waals surface area contributed by atoms with Crippen LogP contribution in [0.25, 0.3) is 10.9 Å². The summed E-state index contributed by atoms with van der Waals surface area (Å²) in [5.74, 6) is -0.395. The van der Waals surface area contributed by atoms with Crippen LogP contribution < -0.4 is 26.4 Å². The van der Waals surface area contributed by atoms with Crippen molar-refractivity contribution in [2.75, 3.05) is 26.0 Å². The highest BCUT2D eigenvalue weighted by Crippen LogP contribution is 2.30. The van der Waals surface area contributed by atoms with E-state index >= 15 is 0 Å². The summed E-state index contributed by atoms with van der Waals surface area (Å²) in [4.78, 5) is 48.5. The first-order chi connectivity index (χ1) is 21.2. The summed E-state index contributed by atoms with van der Waals surface area (Å²) in [6.07, 6.45) is 6.82. The highest BCUT2D eigenvalue weighted by atomic mass is 35.5. The van der Waals surface area contributed by atoms with Crippen LogP contribution in [0.4, 0.5) is 15.9 Å². The number of ether oxygens (including phenoxy) is 1. The van der Waals surface area contributed by atoms with Gasteiger partial charge in [-0.1, -0.05) is 30.9 Å². The number of piperidine rings is 1. The number of hydrogen-bond donors (Lipinski definition) is 4. The number of carbonyl (C=O) groups is 3. The first-order valence-corrected chi connectivity index (χ1v) is 15.1. The van der Waals surface area contributed by atoms with Crippen molar-refractivity contribution in [3.63, 3.8) is 0 Å². The van der Waals surface area contributed by atoms with Crippen LogP contribution in [0.15, 0.2) is 36.7 Å². The molecule has 236 valence electrons. The van der Waals surface area contributed by atoms with Gasteiger partial charge in [0.05, 0.1) is 23.7 Å². The van der Waals surface area contributed by atoms with E-state index in [4.69, 9.17) is 22.1 Å². The average molecular weight is 628 g/mol. The number of likely N-dealkylation sites (tertiary alicyclic amines) is 1. The highest BCUT2D eigenvalue weighted by molar-refractivity contribution is 6.31. The summed E-state index contributed by atoms with van der Waals surface area (Å²) in [6.45, 7) is 0.949. The van der Waals surface area contributed by atoms with E-state index in [1.807, 2.05) is 18.0 Å². The molecule has 2 aromatic carbocycles. The van der Waals surface area contributed by atoms with E-state index in [-0.39, 0.29) is 41.8 Å². The first kappa shape index (κ1) is 32.9. The van der Waals surface area contributed by atoms with Gasteiger partial charge in [0.1, 0.15) is 29.8 Å². The number of unbranched alkanes of at least 4 members (excludes halogenated alkanes) is 2. The molecule has 11 nitrogen and oxygen atoms in total. The lowest BCUT2D eigenvalue weighted by atomic mass is 10.0. The molecule has 5 N–H and O–H groups in total. The van der Waals surface area contributed by atoms with Gasteiger partial charge in [0.15, 0.2) is 0 Å². The predicted molar refractivity (Wildman–Crippen MR) is 167 cm³/mol. The number of primary amides is 1. The summed E-state index contributed by atoms with van der Waals surface area (Å²) in [5, 5.41) is 9.71. The molecule has 0 bridgehead atoms. The number of rotatable bonds is 14. The van der Waals surface area contributed by atoms with E-state index in [0.29, 0.717) is 59.4 Å². The zero-order valence-electron chi connectivity index (χ0n) is 25.0. The van der Waals surface area contributed by atoms with E-state index in [0.717, 1.165) is 25.8 Å². The third-order valence-electron chi connectivity index (χ3n) is 7.79. The number of nitrogens with zero attached hydrogens (tertiary/aromatic N) is 3. The van der Waals surface area contributed by atoms with Gasteiger partial charge in [0.2, 0.25) is 17.7 Å². The number of methoxy groups -OCH3 is 1. The molecule has 4 rings (SSSR count). The van der Waals surface area contributed by atoms with Crippen molar-refractivity contribution in [1.82, 2.24) is 25.5 Å². The fraction of sp³-hybridized carbons (Fsp3) is 0.452. The van der Waals surface area contributed by atoms with Gasteiger partial charge in [-0.05, 0) is 63.5 Å². The van der Waals surface area contributed by atoms with Crippen molar-refractivity contribution in [2.24, 2.45) is 5.73 Å². The van der Waals surface area contributed by atoms with Gasteiger partial charge >= 0.3 is 0 Å². The fourth-order valence-electron chi connectivity index (χ4n) is 5.34. The van der Waals surface area contributed by atoms with E-state index < -0.39 is 11.9 Å². The average Bonchev–Trinajstić information content (AvgIpc) is 3.00. The van der Waals surface area contributed by atoms with Crippen LogP contribution in [0.1, 0.15) is 56.9 Å². The number of anilines is 2. The largest absolute Gasteiger partial charge is 0.496 e. The molecule has 2 heterocycles. The topological polar surface area (TPSA) is 152 Å². The van der Waals surface area contributed by atoms with Crippen molar-refractivity contribution in [2.45, 2.75) is 70.0 Å². The Hall–Kier alpha value is -4.03. The van der Waals surface area contributed by atoms with Crippen LogP contribution in [-0.2, 0) is 20.9 Å². The molecule has 1 saturated heterocycles. The Balaban J connectivity index is 1.50. The molecule has 0 spiro atoms. The van der Waals surface area contributed by atoms with Crippen LogP contribution in [0.2, 0.25) is 5.02 Å². The van der Waals surface area contributed by atoms with Crippen molar-refractivity contribution in [1.29, 1.82) is 0 Å². The number of hydrogen-bond acceptors (Lipinski definition) is 8. The Morgan fingerprint density at radius 2 is 1.98 bits per heavy atom. The zero-order valence-corrected chi connectivity index (χ0v) is 25.8. The third kappa shape index (κ3) is 8.76. The summed E-state index contributed by atoms with van der Waals surface area (Å²) >= 11 is 5.95. The number of benzene rings is 2. The Bertz CT molecular complexity index is 1490. The minimum absolute atomic E-state index is 0.0249. The maximum absolute atomic E-state index is 13.7. The molecule has 2 atom stereocenters. The summed E-state index contributed by atoms with van der Waals surface area (Å²) in [7, 11) is 3.45. The van der Waals surface area contributed by atoms with E-state index in [2.05, 4.69) is 25.9 Å². The molecule has 1 unspecified atom stereocenters. The van der Waals surface area contributed by atoms with Crippen molar-refractivity contribution in [3.05, 3.63) is 53.1 Å². The fourth-order valence-corrected chi connectivity index (χ4v) is 5.52. The molecular weight excluding hydrogens is 589 g/mol. The van der Waals surface area contributed by atoms with Gasteiger partial charge < -0.3 is 26.4 Å². The molecule has 1 fully saturated rings. The number of fused-ring (bicyclic) bond motifs is 1. The monoisotopic (exact) mass is 627 g/mol. The molecule has 0 saturated carbocycles. The SMILES string of the molecule is COc1cc2ncnc(Nc3ccc(F)c(Cl)c3)c2cc1CNC(=O)[C@H](CCCCCC(N)=O)NC(=O)C1CCCCN1C. The van der Waals surface area contributed by atoms with Crippen LogP contribution in [-0.4, -0.2) is 65.4 Å². The van der Waals surface area contributed by atoms with Crippen molar-refractivity contribution >= 4 is 51.7 Å². The Morgan fingerprint density at radius 3 is 2.70 bits per heavy atom. The standard InChI is InChI=1S/C31H39ClFN7O4/c1-40-13-7-6-9-26(40)31(43)39-24(8-4-3-5-10-28(34)41)30(42)35-17-19-14-21-25(16-27(19)44-2)36-18-37-29(21)38-20-11-12-23(33)22(32)15-20/h11-12,14-16,18,24,26H,3-10,13,17H2,1-2H3,(H2,34,41)(H,35,42)(H,39,43)(H,36,37,38)/t24-,26?/m0/s1. The zero-order chi connectivity index (χ0) is 31.6. The summed E-state index contributed by atoms with van der Waals surface area (Å²) < 4.78 is 19.3. The maximum atomic E-state index is 13.7. The number of nitrogens with one attached hydrogen (secondary N) is 3. The second-order valence-electron chi connectivity index (χ2n) is 11.0. The third-order valence-corrected chi connectivity index (χ3v) is 8.08. The summed E-state index contributed by atoms with van der Waals surface area (Å²) in [5.41, 5.74) is 7.06. The van der Waals surface area contributed by atoms with Crippen LogP contribution in [0, 0.1) is 5.82 Å². The van der Waals surface area contributed by atoms with E-state index in [1.165, 1.54) is 25.6 Å². The second-order valence-corrected chi connectivity index (χ2v) is 11.4. The molecule has 0 radical (unpaired) electrons. The second kappa shape index (κ2) is 15.6. The molecule has 44 heavy (non-hydrogen) atoms. The van der Waals surface area contributed by atoms with Gasteiger partial charge in [-0.15, -0.1) is 0 Å². The molecule has 0 aliphatic carbocycles. The molecule has 1 aliphatic heterocycles. The van der Waals surface area contributed by atoms with Crippen molar-refractivity contribution in [3.8, 4) is 5.75 Å². The molecule has 3 aromatic rings. The Labute approximate surface area is 261 Å². The molecular formula is C31H39ClFN7O4. The lowest BCUT2D eigenvalue weighted by Gasteiger charge is -2.32. The van der Waals surface area contributed by atoms with Gasteiger partial charge in [0.25, 0.3) is 0 Å². The molecule has 1 aromatic heterocycles. The number of carbonyl (C=O) groups excluding carboxylic acids is 3. The van der Waals surface area contributed by atoms with Gasteiger partial charge in [-0.25, -0.2) is 14.4 Å². The number of amides is 3. The quantitative estimate of drug-likeness (QED) is 0.194. The molecule has 3 amide bonds. The molecule has 13 heteroatoms. The summed E-state index contributed by atoms with van der Waals surface area (Å²) in [6, 6.07) is 6.81. The minimum atomic E-state index is -0.748. The predicted octanol–water partition coefficient (Wildman–Crippen LogP) is 4.20. The molecule has 1 aliphatic rings. The lowest BCUT2D eigenvalue weighted by Crippen LogP contribution is -2.54. The maximum Gasteiger partial charge on any atom is 0.242 e. The van der Waals surface area contributed by atoms with E-state index in [1.54, 1.807) is 12.1 Å². The van der Waals surface area contributed by atoms with Gasteiger partial charge in [-0.2, -0.15) is 0 Å². The number of likely N-dealkylation sites (N-methyl/N-ethyl adjacent to an activating group) is 1. The lowest BCUT2D eigenvalue weighted by molar-refractivity contribution is -0.132. The van der Waals surface area contributed by atoms with Crippen LogP contribution >= 0.6 is 11.6 Å². The van der Waals surface area contributed by atoms with Crippen LogP contribution in [0.3, 0.4) is 0 Å². The smallest absolute Gasteiger partial charge is 0.242 e. The highest BCUT2D eigenvalue weighted by Gasteiger charge is 2.29.